The number of aliphatic imine (C=N–C) groups is 1. The molecule has 0 N–H and O–H groups in total. The predicted octanol–water partition coefficient (Wildman–Crippen LogP) is 2.22. The molecule has 1 aromatic carbocycles. The molecular weight excluding hydrogens is 230 g/mol. The van der Waals surface area contributed by atoms with Gasteiger partial charge >= 0.3 is 5.97 Å². The van der Waals surface area contributed by atoms with Crippen LogP contribution in [0.1, 0.15) is 18.9 Å². The van der Waals surface area contributed by atoms with Crippen molar-refractivity contribution >= 4 is 11.7 Å². The average Bonchev–Trinajstić information content (AvgIpc) is 2.83. The lowest BCUT2D eigenvalue weighted by molar-refractivity contribution is -0.139. The van der Waals surface area contributed by atoms with Gasteiger partial charge < -0.3 is 9.47 Å². The highest BCUT2D eigenvalue weighted by atomic mass is 16.5. The molecule has 0 aromatic heterocycles. The first kappa shape index (κ1) is 12.6. The summed E-state index contributed by atoms with van der Waals surface area (Å²) in [6, 6.07) is 7.76. The summed E-state index contributed by atoms with van der Waals surface area (Å²) in [5, 5.41) is 0. The van der Waals surface area contributed by atoms with Gasteiger partial charge in [0.1, 0.15) is 5.75 Å². The molecule has 1 heterocycles. The number of ether oxygens (including phenoxy) is 2. The van der Waals surface area contributed by atoms with Crippen LogP contribution in [-0.4, -0.2) is 25.4 Å². The number of esters is 1. The summed E-state index contributed by atoms with van der Waals surface area (Å²) in [5.74, 6) is 0.535. The first-order chi connectivity index (χ1) is 8.70. The summed E-state index contributed by atoms with van der Waals surface area (Å²) in [4.78, 5) is 15.8. The summed E-state index contributed by atoms with van der Waals surface area (Å²) >= 11 is 0. The minimum absolute atomic E-state index is 0.147. The lowest BCUT2D eigenvalue weighted by Crippen LogP contribution is -2.16. The lowest BCUT2D eigenvalue weighted by Gasteiger charge is -2.05. The van der Waals surface area contributed by atoms with Crippen LogP contribution in [0.15, 0.2) is 29.3 Å². The van der Waals surface area contributed by atoms with Crippen LogP contribution >= 0.6 is 0 Å². The van der Waals surface area contributed by atoms with Crippen molar-refractivity contribution in [2.75, 3.05) is 13.7 Å². The predicted molar refractivity (Wildman–Crippen MR) is 68.9 cm³/mol. The Bertz CT molecular complexity index is 451. The van der Waals surface area contributed by atoms with E-state index >= 15 is 0 Å². The van der Waals surface area contributed by atoms with E-state index in [1.165, 1.54) is 0 Å². The zero-order valence-corrected chi connectivity index (χ0v) is 10.7. The van der Waals surface area contributed by atoms with Crippen LogP contribution in [0.4, 0.5) is 0 Å². The first-order valence-corrected chi connectivity index (χ1v) is 6.01. The fourth-order valence-corrected chi connectivity index (χ4v) is 1.93. The topological polar surface area (TPSA) is 47.9 Å². The smallest absolute Gasteiger partial charge is 0.314 e. The van der Waals surface area contributed by atoms with Crippen molar-refractivity contribution in [3.8, 4) is 5.75 Å². The van der Waals surface area contributed by atoms with Crippen molar-refractivity contribution in [3.05, 3.63) is 29.8 Å². The number of carbonyl (C=O) groups is 1. The highest BCUT2D eigenvalue weighted by Gasteiger charge is 2.28. The van der Waals surface area contributed by atoms with Crippen LogP contribution in [-0.2, 0) is 16.1 Å². The molecule has 1 aliphatic rings. The van der Waals surface area contributed by atoms with Crippen molar-refractivity contribution in [1.82, 2.24) is 0 Å². The lowest BCUT2D eigenvalue weighted by atomic mass is 10.0. The Morgan fingerprint density at radius 2 is 2.17 bits per heavy atom. The van der Waals surface area contributed by atoms with E-state index in [2.05, 4.69) is 4.99 Å². The maximum absolute atomic E-state index is 11.4. The van der Waals surface area contributed by atoms with E-state index in [0.29, 0.717) is 13.2 Å². The van der Waals surface area contributed by atoms with Gasteiger partial charge in [0.2, 0.25) is 0 Å². The van der Waals surface area contributed by atoms with Crippen LogP contribution in [0.2, 0.25) is 0 Å². The molecule has 96 valence electrons. The van der Waals surface area contributed by atoms with Crippen LogP contribution in [0.3, 0.4) is 0 Å². The Hall–Kier alpha value is -1.84. The van der Waals surface area contributed by atoms with Gasteiger partial charge in [0.15, 0.2) is 0 Å². The zero-order valence-electron chi connectivity index (χ0n) is 10.7. The molecule has 0 saturated carbocycles. The molecule has 0 radical (unpaired) electrons. The molecule has 1 aliphatic heterocycles. The molecule has 1 atom stereocenters. The van der Waals surface area contributed by atoms with Gasteiger partial charge in [-0.25, -0.2) is 0 Å². The average molecular weight is 247 g/mol. The molecule has 4 nitrogen and oxygen atoms in total. The molecular formula is C14H17NO3. The molecule has 0 spiro atoms. The zero-order chi connectivity index (χ0) is 13.0. The van der Waals surface area contributed by atoms with Crippen molar-refractivity contribution in [1.29, 1.82) is 0 Å². The van der Waals surface area contributed by atoms with E-state index < -0.39 is 0 Å². The Morgan fingerprint density at radius 3 is 2.72 bits per heavy atom. The van der Waals surface area contributed by atoms with Gasteiger partial charge in [0, 0.05) is 12.1 Å². The minimum atomic E-state index is -0.150. The summed E-state index contributed by atoms with van der Waals surface area (Å²) in [7, 11) is 1.64. The number of methoxy groups -OCH3 is 1. The van der Waals surface area contributed by atoms with Crippen LogP contribution < -0.4 is 4.74 Å². The molecule has 2 rings (SSSR count). The van der Waals surface area contributed by atoms with E-state index in [4.69, 9.17) is 9.47 Å². The van der Waals surface area contributed by atoms with Crippen LogP contribution in [0.5, 0.6) is 5.75 Å². The summed E-state index contributed by atoms with van der Waals surface area (Å²) in [5.41, 5.74) is 1.95. The second-order valence-electron chi connectivity index (χ2n) is 4.31. The second kappa shape index (κ2) is 5.67. The molecule has 18 heavy (non-hydrogen) atoms. The van der Waals surface area contributed by atoms with E-state index in [1.54, 1.807) is 7.11 Å². The monoisotopic (exact) mass is 247 g/mol. The third kappa shape index (κ3) is 2.88. The minimum Gasteiger partial charge on any atom is -0.497 e. The van der Waals surface area contributed by atoms with Crippen molar-refractivity contribution in [2.24, 2.45) is 10.9 Å². The van der Waals surface area contributed by atoms with Gasteiger partial charge in [0.05, 0.1) is 26.2 Å². The van der Waals surface area contributed by atoms with Crippen molar-refractivity contribution < 1.29 is 14.3 Å². The number of hydrogen-bond donors (Lipinski definition) is 0. The Morgan fingerprint density at radius 1 is 1.44 bits per heavy atom. The van der Waals surface area contributed by atoms with Crippen LogP contribution in [0, 0.1) is 5.92 Å². The molecule has 1 aromatic rings. The van der Waals surface area contributed by atoms with Gasteiger partial charge in [-0.1, -0.05) is 12.1 Å². The van der Waals surface area contributed by atoms with Gasteiger partial charge in [-0.05, 0) is 24.6 Å². The number of nitrogens with zero attached hydrogens (tertiary/aromatic N) is 1. The number of rotatable bonds is 4. The number of benzene rings is 1. The number of cyclic esters (lactones) is 1. The highest BCUT2D eigenvalue weighted by Crippen LogP contribution is 2.17. The molecule has 1 fully saturated rings. The third-order valence-electron chi connectivity index (χ3n) is 3.11. The highest BCUT2D eigenvalue weighted by molar-refractivity contribution is 6.01. The quantitative estimate of drug-likeness (QED) is 0.605. The third-order valence-corrected chi connectivity index (χ3v) is 3.11. The maximum atomic E-state index is 11.4. The molecule has 4 heteroatoms. The first-order valence-electron chi connectivity index (χ1n) is 6.01. The molecule has 0 amide bonds. The van der Waals surface area contributed by atoms with Gasteiger partial charge in [-0.15, -0.1) is 0 Å². The fourth-order valence-electron chi connectivity index (χ4n) is 1.93. The molecule has 0 bridgehead atoms. The van der Waals surface area contributed by atoms with E-state index in [9.17, 15) is 4.79 Å². The normalized spacial score (nSPS) is 19.8. The van der Waals surface area contributed by atoms with Gasteiger partial charge in [0.25, 0.3) is 0 Å². The van der Waals surface area contributed by atoms with E-state index in [-0.39, 0.29) is 11.9 Å². The van der Waals surface area contributed by atoms with Gasteiger partial charge in [-0.2, -0.15) is 0 Å². The van der Waals surface area contributed by atoms with Crippen molar-refractivity contribution in [2.45, 2.75) is 19.9 Å². The second-order valence-corrected chi connectivity index (χ2v) is 4.31. The Labute approximate surface area is 107 Å². The van der Waals surface area contributed by atoms with E-state index in [0.717, 1.165) is 23.4 Å². The summed E-state index contributed by atoms with van der Waals surface area (Å²) in [6.45, 7) is 2.99. The largest absolute Gasteiger partial charge is 0.497 e. The van der Waals surface area contributed by atoms with Crippen LogP contribution in [0.25, 0.3) is 0 Å². The van der Waals surface area contributed by atoms with Gasteiger partial charge in [-0.3, -0.25) is 9.79 Å². The molecule has 0 aliphatic carbocycles. The van der Waals surface area contributed by atoms with E-state index in [1.807, 2.05) is 31.2 Å². The maximum Gasteiger partial charge on any atom is 0.314 e. The Kier molecular flexibility index (Phi) is 3.97. The van der Waals surface area contributed by atoms with Crippen molar-refractivity contribution in [3.63, 3.8) is 0 Å². The molecule has 1 saturated heterocycles. The number of carbonyl (C=O) groups excluding carboxylic acids is 1. The summed E-state index contributed by atoms with van der Waals surface area (Å²) in [6.07, 6.45) is 0.747. The standard InChI is InChI=1S/C14H17NO3/c1-10(13-7-8-18-14(13)16)15-9-11-3-5-12(17-2)6-4-11/h3-6,13H,7-9H2,1-2H3/t13-/m1/s1. The molecule has 0 unspecified atom stereocenters. The number of hydrogen-bond acceptors (Lipinski definition) is 4. The fraction of sp³-hybridized carbons (Fsp3) is 0.429. The Balaban J connectivity index is 1.98. The summed E-state index contributed by atoms with van der Waals surface area (Å²) < 4.78 is 10.0. The SMILES string of the molecule is COc1ccc(CN=C(C)[C@H]2CCOC2=O)cc1.